The Morgan fingerprint density at radius 2 is 1.65 bits per heavy atom. The van der Waals surface area contributed by atoms with E-state index in [0.717, 1.165) is 25.7 Å². The molecule has 0 spiro atoms. The van der Waals surface area contributed by atoms with E-state index in [2.05, 4.69) is 18.7 Å². The van der Waals surface area contributed by atoms with Gasteiger partial charge in [0.15, 0.2) is 0 Å². The predicted octanol–water partition coefficient (Wildman–Crippen LogP) is 2.64. The SMILES string of the molecule is CCC(CC)N(CCCCCCN)CCOC. The topological polar surface area (TPSA) is 38.5 Å². The van der Waals surface area contributed by atoms with Gasteiger partial charge in [-0.25, -0.2) is 0 Å². The molecule has 0 aromatic rings. The zero-order valence-electron chi connectivity index (χ0n) is 12.1. The average Bonchev–Trinajstić information content (AvgIpc) is 2.36. The van der Waals surface area contributed by atoms with Crippen molar-refractivity contribution in [2.24, 2.45) is 5.73 Å². The van der Waals surface area contributed by atoms with E-state index in [4.69, 9.17) is 10.5 Å². The van der Waals surface area contributed by atoms with Gasteiger partial charge in [0.05, 0.1) is 6.61 Å². The summed E-state index contributed by atoms with van der Waals surface area (Å²) >= 11 is 0. The van der Waals surface area contributed by atoms with Crippen LogP contribution in [-0.4, -0.2) is 44.3 Å². The zero-order valence-corrected chi connectivity index (χ0v) is 12.1. The van der Waals surface area contributed by atoms with Crippen LogP contribution in [0.5, 0.6) is 0 Å². The molecule has 0 radical (unpaired) electrons. The van der Waals surface area contributed by atoms with Crippen molar-refractivity contribution in [2.75, 3.05) is 33.4 Å². The van der Waals surface area contributed by atoms with Crippen LogP contribution in [0.2, 0.25) is 0 Å². The Morgan fingerprint density at radius 1 is 1.00 bits per heavy atom. The Bertz CT molecular complexity index is 149. The predicted molar refractivity (Wildman–Crippen MR) is 75.3 cm³/mol. The molecule has 0 aliphatic heterocycles. The third-order valence-electron chi connectivity index (χ3n) is 3.44. The van der Waals surface area contributed by atoms with E-state index in [1.165, 1.54) is 45.1 Å². The minimum absolute atomic E-state index is 0.722. The second-order valence-corrected chi connectivity index (χ2v) is 4.70. The van der Waals surface area contributed by atoms with Gasteiger partial charge in [-0.3, -0.25) is 4.90 Å². The van der Waals surface area contributed by atoms with Gasteiger partial charge >= 0.3 is 0 Å². The Balaban J connectivity index is 3.83. The van der Waals surface area contributed by atoms with Gasteiger partial charge in [0.2, 0.25) is 0 Å². The lowest BCUT2D eigenvalue weighted by molar-refractivity contribution is 0.113. The molecule has 0 aromatic heterocycles. The molecule has 2 N–H and O–H groups in total. The molecule has 0 rings (SSSR count). The van der Waals surface area contributed by atoms with Gasteiger partial charge < -0.3 is 10.5 Å². The summed E-state index contributed by atoms with van der Waals surface area (Å²) in [7, 11) is 1.78. The first-order chi connectivity index (χ1) is 8.29. The van der Waals surface area contributed by atoms with Crippen molar-refractivity contribution in [3.8, 4) is 0 Å². The quantitative estimate of drug-likeness (QED) is 0.536. The molecule has 0 aliphatic carbocycles. The van der Waals surface area contributed by atoms with Gasteiger partial charge in [0, 0.05) is 19.7 Å². The van der Waals surface area contributed by atoms with E-state index >= 15 is 0 Å². The van der Waals surface area contributed by atoms with E-state index < -0.39 is 0 Å². The maximum Gasteiger partial charge on any atom is 0.0589 e. The molecule has 0 aliphatic rings. The van der Waals surface area contributed by atoms with Crippen LogP contribution in [0.15, 0.2) is 0 Å². The highest BCUT2D eigenvalue weighted by Gasteiger charge is 2.13. The maximum absolute atomic E-state index is 5.50. The molecule has 0 saturated heterocycles. The minimum Gasteiger partial charge on any atom is -0.383 e. The van der Waals surface area contributed by atoms with Crippen LogP contribution >= 0.6 is 0 Å². The van der Waals surface area contributed by atoms with Crippen LogP contribution in [-0.2, 0) is 4.74 Å². The minimum atomic E-state index is 0.722. The highest BCUT2D eigenvalue weighted by molar-refractivity contribution is 4.69. The molecule has 0 fully saturated rings. The fourth-order valence-corrected chi connectivity index (χ4v) is 2.30. The van der Waals surface area contributed by atoms with Crippen molar-refractivity contribution in [1.29, 1.82) is 0 Å². The summed E-state index contributed by atoms with van der Waals surface area (Å²) in [5, 5.41) is 0. The largest absolute Gasteiger partial charge is 0.383 e. The number of hydrogen-bond donors (Lipinski definition) is 1. The van der Waals surface area contributed by atoms with Crippen molar-refractivity contribution < 1.29 is 4.74 Å². The second kappa shape index (κ2) is 12.3. The van der Waals surface area contributed by atoms with Crippen molar-refractivity contribution in [2.45, 2.75) is 58.4 Å². The summed E-state index contributed by atoms with van der Waals surface area (Å²) in [4.78, 5) is 2.59. The van der Waals surface area contributed by atoms with Crippen LogP contribution in [0.4, 0.5) is 0 Å². The molecule has 0 bridgehead atoms. The molecule has 0 unspecified atom stereocenters. The van der Waals surface area contributed by atoms with Gasteiger partial charge in [-0.05, 0) is 38.8 Å². The van der Waals surface area contributed by atoms with E-state index in [-0.39, 0.29) is 0 Å². The smallest absolute Gasteiger partial charge is 0.0589 e. The van der Waals surface area contributed by atoms with Crippen LogP contribution < -0.4 is 5.73 Å². The molecule has 0 amide bonds. The monoisotopic (exact) mass is 244 g/mol. The number of methoxy groups -OCH3 is 1. The number of nitrogens with zero attached hydrogens (tertiary/aromatic N) is 1. The van der Waals surface area contributed by atoms with Gasteiger partial charge in [-0.1, -0.05) is 26.7 Å². The molecular formula is C14H32N2O. The molecule has 0 atom stereocenters. The molecule has 104 valence electrons. The average molecular weight is 244 g/mol. The number of unbranched alkanes of at least 4 members (excludes halogenated alkanes) is 3. The third-order valence-corrected chi connectivity index (χ3v) is 3.44. The lowest BCUT2D eigenvalue weighted by Crippen LogP contribution is -2.37. The first-order valence-corrected chi connectivity index (χ1v) is 7.23. The molecule has 3 nitrogen and oxygen atoms in total. The summed E-state index contributed by atoms with van der Waals surface area (Å²) in [5.74, 6) is 0. The number of ether oxygens (including phenoxy) is 1. The summed E-state index contributed by atoms with van der Waals surface area (Å²) in [5.41, 5.74) is 5.50. The molecule has 0 saturated carbocycles. The van der Waals surface area contributed by atoms with E-state index in [1.807, 2.05) is 0 Å². The first-order valence-electron chi connectivity index (χ1n) is 7.23. The van der Waals surface area contributed by atoms with E-state index in [9.17, 15) is 0 Å². The molecular weight excluding hydrogens is 212 g/mol. The molecule has 0 aromatic carbocycles. The van der Waals surface area contributed by atoms with Crippen molar-refractivity contribution >= 4 is 0 Å². The summed E-state index contributed by atoms with van der Waals surface area (Å²) in [6.45, 7) is 8.52. The third kappa shape index (κ3) is 8.58. The van der Waals surface area contributed by atoms with Gasteiger partial charge in [0.25, 0.3) is 0 Å². The number of nitrogens with two attached hydrogens (primary N) is 1. The van der Waals surface area contributed by atoms with Gasteiger partial charge in [-0.2, -0.15) is 0 Å². The zero-order chi connectivity index (χ0) is 12.9. The lowest BCUT2D eigenvalue weighted by atomic mass is 10.1. The Labute approximate surface area is 108 Å². The Morgan fingerprint density at radius 3 is 2.18 bits per heavy atom. The highest BCUT2D eigenvalue weighted by Crippen LogP contribution is 2.10. The van der Waals surface area contributed by atoms with E-state index in [1.54, 1.807) is 7.11 Å². The van der Waals surface area contributed by atoms with Crippen molar-refractivity contribution in [3.05, 3.63) is 0 Å². The van der Waals surface area contributed by atoms with Crippen LogP contribution in [0.1, 0.15) is 52.4 Å². The van der Waals surface area contributed by atoms with Crippen LogP contribution in [0.25, 0.3) is 0 Å². The second-order valence-electron chi connectivity index (χ2n) is 4.70. The molecule has 3 heteroatoms. The van der Waals surface area contributed by atoms with Crippen LogP contribution in [0, 0.1) is 0 Å². The van der Waals surface area contributed by atoms with Crippen molar-refractivity contribution in [1.82, 2.24) is 4.90 Å². The van der Waals surface area contributed by atoms with E-state index in [0.29, 0.717) is 0 Å². The summed E-state index contributed by atoms with van der Waals surface area (Å²) in [6.07, 6.45) is 7.52. The highest BCUT2D eigenvalue weighted by atomic mass is 16.5. The van der Waals surface area contributed by atoms with Crippen LogP contribution in [0.3, 0.4) is 0 Å². The first kappa shape index (κ1) is 16.9. The maximum atomic E-state index is 5.50. The Hall–Kier alpha value is -0.120. The fourth-order valence-electron chi connectivity index (χ4n) is 2.30. The summed E-state index contributed by atoms with van der Waals surface area (Å²) in [6, 6.07) is 0.722. The normalized spacial score (nSPS) is 11.6. The number of hydrogen-bond acceptors (Lipinski definition) is 3. The lowest BCUT2D eigenvalue weighted by Gasteiger charge is -2.30. The Kier molecular flexibility index (Phi) is 12.3. The number of rotatable bonds is 12. The molecule has 17 heavy (non-hydrogen) atoms. The van der Waals surface area contributed by atoms with Gasteiger partial charge in [-0.15, -0.1) is 0 Å². The standard InChI is InChI=1S/C14H32N2O/c1-4-14(5-2)16(12-13-17-3)11-9-7-6-8-10-15/h14H,4-13,15H2,1-3H3. The molecule has 0 heterocycles. The van der Waals surface area contributed by atoms with Crippen molar-refractivity contribution in [3.63, 3.8) is 0 Å². The summed E-state index contributed by atoms with van der Waals surface area (Å²) < 4.78 is 5.20. The van der Waals surface area contributed by atoms with Gasteiger partial charge in [0.1, 0.15) is 0 Å². The fraction of sp³-hybridized carbons (Fsp3) is 1.00.